The van der Waals surface area contributed by atoms with Gasteiger partial charge in [-0.15, -0.1) is 0 Å². The summed E-state index contributed by atoms with van der Waals surface area (Å²) in [6.07, 6.45) is 1.56. The van der Waals surface area contributed by atoms with E-state index in [4.69, 9.17) is 14.2 Å². The minimum Gasteiger partial charge on any atom is -0.496 e. The number of aryl methyl sites for hydroxylation is 1. The van der Waals surface area contributed by atoms with Crippen molar-refractivity contribution in [2.45, 2.75) is 38.4 Å². The Bertz CT molecular complexity index is 1310. The SMILES string of the molecule is COc1cc(Oc2ccc(CN3CCC(N4C(=O)OCC4c4ccccc4)CC3)c(C)n2)ccc1C(=O)O. The molecule has 9 nitrogen and oxygen atoms in total. The minimum absolute atomic E-state index is 0.0282. The number of hydrogen-bond acceptors (Lipinski definition) is 7. The van der Waals surface area contributed by atoms with E-state index in [9.17, 15) is 14.7 Å². The van der Waals surface area contributed by atoms with Crippen LogP contribution >= 0.6 is 0 Å². The van der Waals surface area contributed by atoms with E-state index in [0.717, 1.165) is 49.3 Å². The Kier molecular flexibility index (Phi) is 7.46. The number of aromatic carboxylic acids is 1. The summed E-state index contributed by atoms with van der Waals surface area (Å²) in [5.41, 5.74) is 3.16. The molecule has 0 bridgehead atoms. The van der Waals surface area contributed by atoms with Crippen LogP contribution in [0.2, 0.25) is 0 Å². The first-order chi connectivity index (χ1) is 18.4. The van der Waals surface area contributed by atoms with E-state index in [1.165, 1.54) is 19.2 Å². The normalized spacial score (nSPS) is 18.3. The van der Waals surface area contributed by atoms with Crippen LogP contribution in [0.15, 0.2) is 60.7 Å². The third-order valence-electron chi connectivity index (χ3n) is 7.24. The molecule has 198 valence electrons. The van der Waals surface area contributed by atoms with Crippen LogP contribution in [0.25, 0.3) is 0 Å². The summed E-state index contributed by atoms with van der Waals surface area (Å²) in [6.45, 7) is 4.87. The van der Waals surface area contributed by atoms with Crippen molar-refractivity contribution in [2.75, 3.05) is 26.8 Å². The number of rotatable bonds is 8. The molecule has 2 aliphatic heterocycles. The lowest BCUT2D eigenvalue weighted by atomic mass is 9.98. The molecule has 3 aromatic rings. The van der Waals surface area contributed by atoms with E-state index >= 15 is 0 Å². The largest absolute Gasteiger partial charge is 0.496 e. The average molecular weight is 518 g/mol. The number of methoxy groups -OCH3 is 1. The molecule has 1 amide bonds. The van der Waals surface area contributed by atoms with Crippen molar-refractivity contribution >= 4 is 12.1 Å². The van der Waals surface area contributed by atoms with Crippen molar-refractivity contribution in [2.24, 2.45) is 0 Å². The number of pyridine rings is 1. The smallest absolute Gasteiger partial charge is 0.410 e. The van der Waals surface area contributed by atoms with Gasteiger partial charge in [-0.2, -0.15) is 0 Å². The van der Waals surface area contributed by atoms with Gasteiger partial charge in [0.05, 0.1) is 13.2 Å². The third kappa shape index (κ3) is 5.43. The molecule has 9 heteroatoms. The summed E-state index contributed by atoms with van der Waals surface area (Å²) in [4.78, 5) is 32.8. The fourth-order valence-corrected chi connectivity index (χ4v) is 5.19. The summed E-state index contributed by atoms with van der Waals surface area (Å²) >= 11 is 0. The van der Waals surface area contributed by atoms with Gasteiger partial charge in [-0.1, -0.05) is 36.4 Å². The average Bonchev–Trinajstić information content (AvgIpc) is 3.32. The van der Waals surface area contributed by atoms with Gasteiger partial charge in [-0.3, -0.25) is 9.80 Å². The van der Waals surface area contributed by atoms with Crippen LogP contribution in [0.3, 0.4) is 0 Å². The predicted molar refractivity (Wildman–Crippen MR) is 140 cm³/mol. The summed E-state index contributed by atoms with van der Waals surface area (Å²) in [6, 6.07) is 18.6. The molecule has 0 spiro atoms. The lowest BCUT2D eigenvalue weighted by Gasteiger charge is -2.38. The van der Waals surface area contributed by atoms with E-state index < -0.39 is 5.97 Å². The van der Waals surface area contributed by atoms with Gasteiger partial charge in [-0.05, 0) is 43.0 Å². The van der Waals surface area contributed by atoms with Gasteiger partial charge in [0.15, 0.2) is 0 Å². The first-order valence-corrected chi connectivity index (χ1v) is 12.7. The Morgan fingerprint density at radius 3 is 2.55 bits per heavy atom. The van der Waals surface area contributed by atoms with Crippen molar-refractivity contribution in [3.63, 3.8) is 0 Å². The molecule has 1 N–H and O–H groups in total. The van der Waals surface area contributed by atoms with E-state index in [2.05, 4.69) is 22.0 Å². The molecule has 38 heavy (non-hydrogen) atoms. The number of likely N-dealkylation sites (tertiary alicyclic amines) is 1. The summed E-state index contributed by atoms with van der Waals surface area (Å²) in [5.74, 6) is 0.0357. The Morgan fingerprint density at radius 1 is 1.11 bits per heavy atom. The molecule has 2 aromatic carbocycles. The van der Waals surface area contributed by atoms with Gasteiger partial charge in [0.1, 0.15) is 23.7 Å². The number of cyclic esters (lactones) is 1. The first-order valence-electron chi connectivity index (χ1n) is 12.7. The number of aromatic nitrogens is 1. The molecule has 3 heterocycles. The van der Waals surface area contributed by atoms with Crippen LogP contribution in [-0.4, -0.2) is 64.8 Å². The molecule has 1 aromatic heterocycles. The van der Waals surface area contributed by atoms with Gasteiger partial charge >= 0.3 is 12.1 Å². The van der Waals surface area contributed by atoms with Crippen molar-refractivity contribution in [1.82, 2.24) is 14.8 Å². The zero-order valence-electron chi connectivity index (χ0n) is 21.5. The number of benzene rings is 2. The molecular weight excluding hydrogens is 486 g/mol. The summed E-state index contributed by atoms with van der Waals surface area (Å²) < 4.78 is 16.5. The van der Waals surface area contributed by atoms with Crippen LogP contribution in [0.4, 0.5) is 4.79 Å². The standard InChI is InChI=1S/C29H31N3O6/c1-19-21(8-11-27(30-19)38-23-9-10-24(28(33)34)26(16-23)36-2)17-31-14-12-22(13-15-31)32-25(18-37-29(32)35)20-6-4-3-5-7-20/h3-11,16,22,25H,12-15,17-18H2,1-2H3,(H,33,34). The van der Waals surface area contributed by atoms with Crippen molar-refractivity contribution in [1.29, 1.82) is 0 Å². The van der Waals surface area contributed by atoms with Crippen LogP contribution in [0, 0.1) is 6.92 Å². The number of hydrogen-bond donors (Lipinski definition) is 1. The first kappa shape index (κ1) is 25.5. The number of carboxylic acids is 1. The molecule has 2 saturated heterocycles. The minimum atomic E-state index is -1.06. The van der Waals surface area contributed by atoms with Crippen molar-refractivity contribution in [3.8, 4) is 17.4 Å². The van der Waals surface area contributed by atoms with Crippen LogP contribution < -0.4 is 9.47 Å². The summed E-state index contributed by atoms with van der Waals surface area (Å²) in [7, 11) is 1.42. The van der Waals surface area contributed by atoms with Gasteiger partial charge in [0.2, 0.25) is 5.88 Å². The molecule has 0 aliphatic carbocycles. The van der Waals surface area contributed by atoms with Crippen LogP contribution in [0.5, 0.6) is 17.4 Å². The number of carboxylic acid groups (broad SMARTS) is 1. The van der Waals surface area contributed by atoms with Crippen molar-refractivity contribution < 1.29 is 28.9 Å². The van der Waals surface area contributed by atoms with E-state index in [1.54, 1.807) is 6.07 Å². The lowest BCUT2D eigenvalue weighted by Crippen LogP contribution is -2.46. The molecule has 2 fully saturated rings. The highest BCUT2D eigenvalue weighted by Crippen LogP contribution is 2.33. The topological polar surface area (TPSA) is 101 Å². The van der Waals surface area contributed by atoms with E-state index in [0.29, 0.717) is 18.2 Å². The fraction of sp³-hybridized carbons (Fsp3) is 0.345. The highest BCUT2D eigenvalue weighted by Gasteiger charge is 2.40. The number of amides is 1. The Hall–Kier alpha value is -4.11. The molecule has 1 unspecified atom stereocenters. The van der Waals surface area contributed by atoms with E-state index in [-0.39, 0.29) is 29.5 Å². The maximum atomic E-state index is 12.6. The fourth-order valence-electron chi connectivity index (χ4n) is 5.19. The van der Waals surface area contributed by atoms with Gasteiger partial charge in [-0.25, -0.2) is 14.6 Å². The van der Waals surface area contributed by atoms with Crippen LogP contribution in [-0.2, 0) is 11.3 Å². The maximum Gasteiger partial charge on any atom is 0.410 e. The van der Waals surface area contributed by atoms with Crippen molar-refractivity contribution in [3.05, 3.63) is 83.0 Å². The monoisotopic (exact) mass is 517 g/mol. The number of carbonyl (C=O) groups excluding carboxylic acids is 1. The number of carbonyl (C=O) groups is 2. The molecule has 1 atom stereocenters. The maximum absolute atomic E-state index is 12.6. The third-order valence-corrected chi connectivity index (χ3v) is 7.24. The zero-order valence-corrected chi connectivity index (χ0v) is 21.5. The quantitative estimate of drug-likeness (QED) is 0.443. The van der Waals surface area contributed by atoms with Gasteiger partial charge in [0, 0.05) is 43.5 Å². The Morgan fingerprint density at radius 2 is 1.87 bits per heavy atom. The highest BCUT2D eigenvalue weighted by atomic mass is 16.6. The highest BCUT2D eigenvalue weighted by molar-refractivity contribution is 5.91. The van der Waals surface area contributed by atoms with Gasteiger partial charge in [0.25, 0.3) is 0 Å². The Balaban J connectivity index is 1.19. The predicted octanol–water partition coefficient (Wildman–Crippen LogP) is 5.05. The molecule has 0 radical (unpaired) electrons. The molecule has 2 aliphatic rings. The zero-order chi connectivity index (χ0) is 26.6. The number of piperidine rings is 1. The second-order valence-corrected chi connectivity index (χ2v) is 9.58. The second kappa shape index (κ2) is 11.1. The second-order valence-electron chi connectivity index (χ2n) is 9.58. The summed E-state index contributed by atoms with van der Waals surface area (Å²) in [5, 5.41) is 9.26. The Labute approximate surface area is 221 Å². The lowest BCUT2D eigenvalue weighted by molar-refractivity contribution is 0.0693. The van der Waals surface area contributed by atoms with Gasteiger partial charge < -0.3 is 19.3 Å². The number of ether oxygens (including phenoxy) is 3. The number of nitrogens with zero attached hydrogens (tertiary/aromatic N) is 3. The molecule has 0 saturated carbocycles. The van der Waals surface area contributed by atoms with Crippen LogP contribution in [0.1, 0.15) is 46.1 Å². The van der Waals surface area contributed by atoms with E-state index in [1.807, 2.05) is 42.2 Å². The molecule has 5 rings (SSSR count). The molecular formula is C29H31N3O6.